The molecule has 2 N–H and O–H groups in total. The first kappa shape index (κ1) is 18.4. The van der Waals surface area contributed by atoms with E-state index in [1.54, 1.807) is 26.2 Å². The quantitative estimate of drug-likeness (QED) is 0.834. The fraction of sp³-hybridized carbons (Fsp3) is 0.579. The molecule has 142 valence electrons. The highest BCUT2D eigenvalue weighted by Gasteiger charge is 2.51. The summed E-state index contributed by atoms with van der Waals surface area (Å²) in [6, 6.07) is 5.39. The van der Waals surface area contributed by atoms with E-state index in [1.165, 1.54) is 4.90 Å². The minimum Gasteiger partial charge on any atom is -0.493 e. The first-order valence-corrected chi connectivity index (χ1v) is 8.91. The molecule has 7 heteroatoms. The van der Waals surface area contributed by atoms with E-state index < -0.39 is 23.4 Å². The highest BCUT2D eigenvalue weighted by atomic mass is 16.5. The second-order valence-corrected chi connectivity index (χ2v) is 7.37. The highest BCUT2D eigenvalue weighted by molar-refractivity contribution is 5.79. The van der Waals surface area contributed by atoms with E-state index in [1.807, 2.05) is 6.07 Å². The summed E-state index contributed by atoms with van der Waals surface area (Å²) in [4.78, 5) is 24.4. The number of methoxy groups -OCH3 is 1. The summed E-state index contributed by atoms with van der Waals surface area (Å²) in [6.45, 7) is 1.71. The van der Waals surface area contributed by atoms with Gasteiger partial charge in [0.1, 0.15) is 0 Å². The fourth-order valence-electron chi connectivity index (χ4n) is 4.02. The van der Waals surface area contributed by atoms with Crippen LogP contribution in [0.3, 0.4) is 0 Å². The Morgan fingerprint density at radius 1 is 1.19 bits per heavy atom. The van der Waals surface area contributed by atoms with Crippen molar-refractivity contribution in [2.75, 3.05) is 20.2 Å². The number of likely N-dealkylation sites (tertiary alicyclic amines) is 1. The third-order valence-electron chi connectivity index (χ3n) is 5.64. The van der Waals surface area contributed by atoms with Gasteiger partial charge in [0.05, 0.1) is 18.6 Å². The van der Waals surface area contributed by atoms with Crippen LogP contribution < -0.4 is 9.47 Å². The molecule has 2 aliphatic rings. The van der Waals surface area contributed by atoms with E-state index in [0.29, 0.717) is 11.5 Å². The second-order valence-electron chi connectivity index (χ2n) is 7.37. The molecule has 1 aliphatic carbocycles. The van der Waals surface area contributed by atoms with Crippen molar-refractivity contribution in [3.63, 3.8) is 0 Å². The molecule has 2 fully saturated rings. The number of benzene rings is 1. The van der Waals surface area contributed by atoms with Gasteiger partial charge < -0.3 is 24.6 Å². The number of hydrogen-bond acceptors (Lipinski definition) is 4. The maximum Gasteiger partial charge on any atom is 0.407 e. The Bertz CT molecular complexity index is 699. The van der Waals surface area contributed by atoms with Crippen molar-refractivity contribution in [2.24, 2.45) is 5.41 Å². The van der Waals surface area contributed by atoms with Crippen LogP contribution in [0.2, 0.25) is 0 Å². The summed E-state index contributed by atoms with van der Waals surface area (Å²) in [7, 11) is 1.57. The zero-order valence-electron chi connectivity index (χ0n) is 15.1. The first-order valence-electron chi connectivity index (χ1n) is 8.91. The number of carboxylic acid groups (broad SMARTS) is 2. The smallest absolute Gasteiger partial charge is 0.407 e. The molecule has 1 aliphatic heterocycles. The number of amides is 1. The summed E-state index contributed by atoms with van der Waals surface area (Å²) in [6.07, 6.45) is 3.31. The van der Waals surface area contributed by atoms with Crippen LogP contribution in [0.1, 0.15) is 44.1 Å². The molecule has 1 aromatic rings. The predicted molar refractivity (Wildman–Crippen MR) is 94.0 cm³/mol. The van der Waals surface area contributed by atoms with Crippen LogP contribution in [0.5, 0.6) is 11.5 Å². The topological polar surface area (TPSA) is 96.3 Å². The van der Waals surface area contributed by atoms with Gasteiger partial charge >= 0.3 is 12.1 Å². The number of carbonyl (C=O) groups is 2. The molecule has 0 bridgehead atoms. The number of rotatable bonds is 5. The molecule has 1 saturated heterocycles. The highest BCUT2D eigenvalue weighted by Crippen LogP contribution is 2.45. The van der Waals surface area contributed by atoms with Crippen molar-refractivity contribution in [3.8, 4) is 11.5 Å². The zero-order valence-corrected chi connectivity index (χ0v) is 15.1. The van der Waals surface area contributed by atoms with Gasteiger partial charge in [-0.05, 0) is 50.3 Å². The standard InChI is InChI=1S/C19H25NO6/c1-19(17(21)22)11-20(18(23)24)10-14(19)12-7-8-15(25-2)16(9-12)26-13-5-3-4-6-13/h7-9,13-14H,3-6,10-11H2,1-2H3,(H,21,22)(H,23,24). The Labute approximate surface area is 152 Å². The second kappa shape index (κ2) is 7.05. The summed E-state index contributed by atoms with van der Waals surface area (Å²) >= 11 is 0. The maximum atomic E-state index is 11.9. The van der Waals surface area contributed by atoms with Crippen LogP contribution in [0.4, 0.5) is 4.79 Å². The minimum atomic E-state index is -1.18. The lowest BCUT2D eigenvalue weighted by molar-refractivity contribution is -0.147. The summed E-state index contributed by atoms with van der Waals surface area (Å²) < 4.78 is 11.5. The van der Waals surface area contributed by atoms with E-state index in [9.17, 15) is 19.8 Å². The fourth-order valence-corrected chi connectivity index (χ4v) is 4.02. The third-order valence-corrected chi connectivity index (χ3v) is 5.64. The molecule has 2 atom stereocenters. The molecule has 0 aromatic heterocycles. The number of carboxylic acids is 1. The monoisotopic (exact) mass is 363 g/mol. The Balaban J connectivity index is 1.93. The summed E-state index contributed by atoms with van der Waals surface area (Å²) in [5.41, 5.74) is -0.426. The van der Waals surface area contributed by atoms with Crippen LogP contribution in [0.15, 0.2) is 18.2 Å². The van der Waals surface area contributed by atoms with Crippen molar-refractivity contribution in [2.45, 2.75) is 44.6 Å². The van der Waals surface area contributed by atoms with Crippen molar-refractivity contribution in [1.29, 1.82) is 0 Å². The molecule has 1 saturated carbocycles. The van der Waals surface area contributed by atoms with Crippen molar-refractivity contribution in [1.82, 2.24) is 4.90 Å². The van der Waals surface area contributed by atoms with Crippen molar-refractivity contribution >= 4 is 12.1 Å². The molecule has 2 unspecified atom stereocenters. The lowest BCUT2D eigenvalue weighted by atomic mass is 9.76. The van der Waals surface area contributed by atoms with Crippen molar-refractivity contribution in [3.05, 3.63) is 23.8 Å². The van der Waals surface area contributed by atoms with Gasteiger partial charge in [0.25, 0.3) is 0 Å². The molecule has 7 nitrogen and oxygen atoms in total. The normalized spacial score (nSPS) is 26.1. The predicted octanol–water partition coefficient (Wildman–Crippen LogP) is 3.18. The number of ether oxygens (including phenoxy) is 2. The summed E-state index contributed by atoms with van der Waals surface area (Å²) in [5, 5.41) is 19.0. The molecular weight excluding hydrogens is 338 g/mol. The largest absolute Gasteiger partial charge is 0.493 e. The van der Waals surface area contributed by atoms with E-state index in [2.05, 4.69) is 0 Å². The van der Waals surface area contributed by atoms with E-state index in [-0.39, 0.29) is 19.2 Å². The Kier molecular flexibility index (Phi) is 4.98. The third kappa shape index (κ3) is 3.30. The maximum absolute atomic E-state index is 11.9. The average Bonchev–Trinajstić information content (AvgIpc) is 3.23. The Morgan fingerprint density at radius 3 is 2.46 bits per heavy atom. The molecule has 3 rings (SSSR count). The van der Waals surface area contributed by atoms with E-state index >= 15 is 0 Å². The number of nitrogens with zero attached hydrogens (tertiary/aromatic N) is 1. The van der Waals surface area contributed by atoms with Gasteiger partial charge in [-0.25, -0.2) is 4.79 Å². The molecule has 0 radical (unpaired) electrons. The van der Waals surface area contributed by atoms with Crippen molar-refractivity contribution < 1.29 is 29.3 Å². The zero-order chi connectivity index (χ0) is 18.9. The van der Waals surface area contributed by atoms with Crippen LogP contribution in [0.25, 0.3) is 0 Å². The van der Waals surface area contributed by atoms with Crippen LogP contribution in [-0.2, 0) is 4.79 Å². The van der Waals surface area contributed by atoms with Gasteiger partial charge in [0, 0.05) is 19.0 Å². The lowest BCUT2D eigenvalue weighted by Crippen LogP contribution is -2.36. The van der Waals surface area contributed by atoms with Crippen LogP contribution >= 0.6 is 0 Å². The molecular formula is C19H25NO6. The summed E-state index contributed by atoms with van der Waals surface area (Å²) in [5.74, 6) is -0.252. The molecule has 1 aromatic carbocycles. The van der Waals surface area contributed by atoms with Crippen LogP contribution in [0, 0.1) is 5.41 Å². The van der Waals surface area contributed by atoms with Crippen LogP contribution in [-0.4, -0.2) is 53.5 Å². The van der Waals surface area contributed by atoms with E-state index in [4.69, 9.17) is 9.47 Å². The van der Waals surface area contributed by atoms with Gasteiger partial charge in [0.15, 0.2) is 11.5 Å². The van der Waals surface area contributed by atoms with E-state index in [0.717, 1.165) is 31.2 Å². The van der Waals surface area contributed by atoms with Gasteiger partial charge in [-0.1, -0.05) is 6.07 Å². The lowest BCUT2D eigenvalue weighted by Gasteiger charge is -2.26. The first-order chi connectivity index (χ1) is 12.3. The Hall–Kier alpha value is -2.44. The van der Waals surface area contributed by atoms with Gasteiger partial charge in [-0.15, -0.1) is 0 Å². The van der Waals surface area contributed by atoms with Gasteiger partial charge in [-0.2, -0.15) is 0 Å². The SMILES string of the molecule is COc1ccc(C2CN(C(=O)O)CC2(C)C(=O)O)cc1OC1CCCC1. The minimum absolute atomic E-state index is 0.0345. The van der Waals surface area contributed by atoms with Gasteiger partial charge in [0.2, 0.25) is 0 Å². The molecule has 0 spiro atoms. The molecule has 26 heavy (non-hydrogen) atoms. The average molecular weight is 363 g/mol. The molecule has 1 heterocycles. The Morgan fingerprint density at radius 2 is 1.88 bits per heavy atom. The number of aliphatic carboxylic acids is 1. The van der Waals surface area contributed by atoms with Gasteiger partial charge in [-0.3, -0.25) is 4.79 Å². The number of hydrogen-bond donors (Lipinski definition) is 2. The molecule has 1 amide bonds.